The van der Waals surface area contributed by atoms with Crippen LogP contribution in [0.3, 0.4) is 0 Å². The third kappa shape index (κ3) is 4.42. The zero-order valence-electron chi connectivity index (χ0n) is 18.5. The summed E-state index contributed by atoms with van der Waals surface area (Å²) >= 11 is 0. The number of aliphatic hydroxyl groups is 1. The summed E-state index contributed by atoms with van der Waals surface area (Å²) in [5.41, 5.74) is 1.37. The van der Waals surface area contributed by atoms with E-state index in [0.29, 0.717) is 25.8 Å². The summed E-state index contributed by atoms with van der Waals surface area (Å²) in [6.45, 7) is 0.561. The molecule has 166 valence electrons. The number of rotatable bonds is 6. The first kappa shape index (κ1) is 21.7. The topological polar surface area (TPSA) is 59.0 Å². The molecule has 2 aromatic rings. The van der Waals surface area contributed by atoms with Crippen molar-refractivity contribution in [1.29, 1.82) is 0 Å². The summed E-state index contributed by atoms with van der Waals surface area (Å²) in [5.74, 6) is 1.60. The van der Waals surface area contributed by atoms with Crippen molar-refractivity contribution in [3.05, 3.63) is 59.7 Å². The molecule has 1 saturated heterocycles. The highest BCUT2D eigenvalue weighted by Crippen LogP contribution is 2.51. The third-order valence-corrected chi connectivity index (χ3v) is 7.11. The average molecular weight is 424 g/mol. The van der Waals surface area contributed by atoms with Gasteiger partial charge in [0.15, 0.2) is 0 Å². The molecule has 1 amide bonds. The second kappa shape index (κ2) is 9.31. The van der Waals surface area contributed by atoms with Crippen LogP contribution in [0.2, 0.25) is 0 Å². The highest BCUT2D eigenvalue weighted by atomic mass is 16.5. The minimum absolute atomic E-state index is 0.00307. The van der Waals surface area contributed by atoms with Crippen LogP contribution in [0.5, 0.6) is 11.5 Å². The number of hydrogen-bond acceptors (Lipinski definition) is 4. The van der Waals surface area contributed by atoms with Crippen LogP contribution in [0.4, 0.5) is 0 Å². The van der Waals surface area contributed by atoms with E-state index in [4.69, 9.17) is 9.47 Å². The number of benzene rings is 2. The Labute approximate surface area is 185 Å². The van der Waals surface area contributed by atoms with Crippen LogP contribution in [0.15, 0.2) is 48.5 Å². The molecule has 5 heteroatoms. The Morgan fingerprint density at radius 3 is 2.65 bits per heavy atom. The number of fused-ring (bicyclic) bond motifs is 1. The van der Waals surface area contributed by atoms with E-state index in [9.17, 15) is 9.90 Å². The largest absolute Gasteiger partial charge is 0.497 e. The normalized spacial score (nSPS) is 25.6. The molecule has 0 radical (unpaired) electrons. The molecule has 31 heavy (non-hydrogen) atoms. The second-order valence-electron chi connectivity index (χ2n) is 8.83. The van der Waals surface area contributed by atoms with Crippen molar-refractivity contribution in [1.82, 2.24) is 4.90 Å². The summed E-state index contributed by atoms with van der Waals surface area (Å²) in [6, 6.07) is 15.7. The minimum atomic E-state index is -0.729. The van der Waals surface area contributed by atoms with Gasteiger partial charge in [0, 0.05) is 24.4 Å². The molecule has 2 aromatic carbocycles. The number of carbonyl (C=O) groups excluding carboxylic acids is 1. The first-order chi connectivity index (χ1) is 15.1. The number of carbonyl (C=O) groups is 1. The van der Waals surface area contributed by atoms with E-state index < -0.39 is 5.60 Å². The first-order valence-corrected chi connectivity index (χ1v) is 11.3. The van der Waals surface area contributed by atoms with E-state index in [1.54, 1.807) is 14.2 Å². The molecule has 1 heterocycles. The van der Waals surface area contributed by atoms with Crippen molar-refractivity contribution in [2.75, 3.05) is 20.8 Å². The maximum atomic E-state index is 13.5. The Hall–Kier alpha value is -2.53. The van der Waals surface area contributed by atoms with E-state index in [1.807, 2.05) is 41.3 Å². The van der Waals surface area contributed by atoms with Crippen LogP contribution in [-0.2, 0) is 11.2 Å². The Bertz CT molecular complexity index is 900. The fourth-order valence-electron chi connectivity index (χ4n) is 5.46. The molecule has 1 aliphatic carbocycles. The zero-order chi connectivity index (χ0) is 21.8. The molecule has 3 atom stereocenters. The molecule has 2 fully saturated rings. The van der Waals surface area contributed by atoms with Crippen LogP contribution in [0, 0.1) is 5.92 Å². The minimum Gasteiger partial charge on any atom is -0.497 e. The van der Waals surface area contributed by atoms with Gasteiger partial charge in [0.2, 0.25) is 5.91 Å². The SMILES string of the molecule is COc1ccc(OC)c(C2C3CCCCC3(O)CCN2C(=O)CCc2ccccc2)c1. The molecular weight excluding hydrogens is 390 g/mol. The molecule has 4 rings (SSSR count). The van der Waals surface area contributed by atoms with Gasteiger partial charge in [-0.25, -0.2) is 0 Å². The fourth-order valence-corrected chi connectivity index (χ4v) is 5.46. The van der Waals surface area contributed by atoms with Crippen LogP contribution < -0.4 is 9.47 Å². The van der Waals surface area contributed by atoms with E-state index >= 15 is 0 Å². The fraction of sp³-hybridized carbons (Fsp3) is 0.500. The summed E-state index contributed by atoms with van der Waals surface area (Å²) in [6.07, 6.45) is 5.62. The molecule has 0 bridgehead atoms. The van der Waals surface area contributed by atoms with Crippen LogP contribution >= 0.6 is 0 Å². The standard InChI is InChI=1S/C26H33NO4/c1-30-20-12-13-23(31-2)21(18-20)25-22-10-6-7-15-26(22,29)16-17-27(25)24(28)14-11-19-8-4-3-5-9-19/h3-5,8-9,12-13,18,22,25,29H,6-7,10-11,14-17H2,1-2H3. The molecule has 5 nitrogen and oxygen atoms in total. The molecule has 1 aliphatic heterocycles. The van der Waals surface area contributed by atoms with Gasteiger partial charge in [0.1, 0.15) is 11.5 Å². The zero-order valence-corrected chi connectivity index (χ0v) is 18.5. The van der Waals surface area contributed by atoms with Crippen molar-refractivity contribution in [2.45, 2.75) is 56.6 Å². The van der Waals surface area contributed by atoms with E-state index in [1.165, 1.54) is 0 Å². The van der Waals surface area contributed by atoms with Gasteiger partial charge in [-0.1, -0.05) is 43.2 Å². The summed E-state index contributed by atoms with van der Waals surface area (Å²) < 4.78 is 11.2. The van der Waals surface area contributed by atoms with Crippen LogP contribution in [0.1, 0.15) is 55.7 Å². The number of likely N-dealkylation sites (tertiary alicyclic amines) is 1. The van der Waals surface area contributed by atoms with Gasteiger partial charge in [0.05, 0.1) is 25.9 Å². The number of methoxy groups -OCH3 is 2. The van der Waals surface area contributed by atoms with Gasteiger partial charge in [0.25, 0.3) is 0 Å². The third-order valence-electron chi connectivity index (χ3n) is 7.11. The lowest BCUT2D eigenvalue weighted by atomic mass is 9.66. The Balaban J connectivity index is 1.67. The first-order valence-electron chi connectivity index (χ1n) is 11.3. The molecule has 0 aromatic heterocycles. The van der Waals surface area contributed by atoms with E-state index in [2.05, 4.69) is 12.1 Å². The number of aryl methyl sites for hydroxylation is 1. The lowest BCUT2D eigenvalue weighted by molar-refractivity contribution is -0.155. The Morgan fingerprint density at radius 1 is 1.10 bits per heavy atom. The van der Waals surface area contributed by atoms with Gasteiger partial charge in [-0.15, -0.1) is 0 Å². The Morgan fingerprint density at radius 2 is 1.90 bits per heavy atom. The highest BCUT2D eigenvalue weighted by Gasteiger charge is 2.50. The Kier molecular flexibility index (Phi) is 6.51. The average Bonchev–Trinajstić information content (AvgIpc) is 2.81. The van der Waals surface area contributed by atoms with Crippen LogP contribution in [0.25, 0.3) is 0 Å². The van der Waals surface area contributed by atoms with Crippen molar-refractivity contribution in [3.63, 3.8) is 0 Å². The molecule has 2 aliphatic rings. The number of hydrogen-bond donors (Lipinski definition) is 1. The smallest absolute Gasteiger partial charge is 0.223 e. The summed E-state index contributed by atoms with van der Waals surface area (Å²) in [7, 11) is 3.30. The lowest BCUT2D eigenvalue weighted by Gasteiger charge is -2.52. The van der Waals surface area contributed by atoms with E-state index in [0.717, 1.165) is 48.3 Å². The maximum absolute atomic E-state index is 13.5. The molecule has 1 N–H and O–H groups in total. The van der Waals surface area contributed by atoms with Crippen LogP contribution in [-0.4, -0.2) is 42.3 Å². The summed E-state index contributed by atoms with van der Waals surface area (Å²) in [4.78, 5) is 15.5. The van der Waals surface area contributed by atoms with Gasteiger partial charge in [-0.05, 0) is 49.4 Å². The molecule has 3 unspecified atom stereocenters. The maximum Gasteiger partial charge on any atom is 0.223 e. The van der Waals surface area contributed by atoms with Crippen molar-refractivity contribution < 1.29 is 19.4 Å². The number of amides is 1. The molecular formula is C26H33NO4. The second-order valence-corrected chi connectivity index (χ2v) is 8.83. The van der Waals surface area contributed by atoms with Crippen molar-refractivity contribution >= 4 is 5.91 Å². The predicted molar refractivity (Wildman–Crippen MR) is 120 cm³/mol. The molecule has 1 saturated carbocycles. The predicted octanol–water partition coefficient (Wildman–Crippen LogP) is 4.53. The van der Waals surface area contributed by atoms with Gasteiger partial charge in [-0.3, -0.25) is 4.79 Å². The monoisotopic (exact) mass is 423 g/mol. The highest BCUT2D eigenvalue weighted by molar-refractivity contribution is 5.77. The quantitative estimate of drug-likeness (QED) is 0.742. The van der Waals surface area contributed by atoms with Crippen molar-refractivity contribution in [3.8, 4) is 11.5 Å². The number of nitrogens with zero attached hydrogens (tertiary/aromatic N) is 1. The van der Waals surface area contributed by atoms with Gasteiger partial charge >= 0.3 is 0 Å². The number of ether oxygens (including phenoxy) is 2. The van der Waals surface area contributed by atoms with Gasteiger partial charge in [-0.2, -0.15) is 0 Å². The summed E-state index contributed by atoms with van der Waals surface area (Å²) in [5, 5.41) is 11.5. The lowest BCUT2D eigenvalue weighted by Crippen LogP contribution is -2.56. The van der Waals surface area contributed by atoms with E-state index in [-0.39, 0.29) is 17.9 Å². The van der Waals surface area contributed by atoms with Gasteiger partial charge < -0.3 is 19.5 Å². The number of piperidine rings is 1. The molecule has 0 spiro atoms. The van der Waals surface area contributed by atoms with Crippen molar-refractivity contribution in [2.24, 2.45) is 5.92 Å².